The van der Waals surface area contributed by atoms with E-state index in [-0.39, 0.29) is 0 Å². The summed E-state index contributed by atoms with van der Waals surface area (Å²) in [5, 5.41) is 0. The Hall–Kier alpha value is 0. The van der Waals surface area contributed by atoms with Gasteiger partial charge in [-0.25, -0.2) is 0 Å². The van der Waals surface area contributed by atoms with Crippen molar-refractivity contribution in [1.29, 1.82) is 0 Å². The SMILES string of the molecule is [CH2-]CC(C)C1CC1C. The highest BCUT2D eigenvalue weighted by molar-refractivity contribution is 4.86. The molecule has 48 valence electrons. The smallest absolute Gasteiger partial charge is 0.0384 e. The average molecular weight is 111 g/mol. The van der Waals surface area contributed by atoms with Gasteiger partial charge in [0, 0.05) is 0 Å². The zero-order valence-electron chi connectivity index (χ0n) is 5.85. The van der Waals surface area contributed by atoms with Crippen molar-refractivity contribution >= 4 is 0 Å². The van der Waals surface area contributed by atoms with Crippen molar-refractivity contribution < 1.29 is 0 Å². The molecule has 0 aromatic carbocycles. The van der Waals surface area contributed by atoms with Crippen molar-refractivity contribution in [3.05, 3.63) is 6.92 Å². The maximum absolute atomic E-state index is 3.88. The molecule has 0 bridgehead atoms. The average Bonchev–Trinajstić information content (AvgIpc) is 2.45. The van der Waals surface area contributed by atoms with Crippen LogP contribution in [0.4, 0.5) is 0 Å². The molecule has 0 saturated heterocycles. The first-order valence-electron chi connectivity index (χ1n) is 3.55. The molecule has 3 unspecified atom stereocenters. The van der Waals surface area contributed by atoms with Gasteiger partial charge in [0.25, 0.3) is 0 Å². The molecule has 1 fully saturated rings. The molecular formula is C8H15-. The molecule has 0 aromatic heterocycles. The van der Waals surface area contributed by atoms with Gasteiger partial charge in [-0.2, -0.15) is 6.42 Å². The minimum Gasteiger partial charge on any atom is -0.343 e. The third-order valence-corrected chi connectivity index (χ3v) is 2.36. The second kappa shape index (κ2) is 2.08. The molecule has 0 aliphatic heterocycles. The van der Waals surface area contributed by atoms with Crippen LogP contribution in [0.15, 0.2) is 0 Å². The molecule has 0 amide bonds. The molecule has 1 saturated carbocycles. The lowest BCUT2D eigenvalue weighted by molar-refractivity contribution is 0.488. The van der Waals surface area contributed by atoms with Gasteiger partial charge in [-0.15, -0.1) is 0 Å². The maximum atomic E-state index is 3.88. The largest absolute Gasteiger partial charge is 0.343 e. The van der Waals surface area contributed by atoms with Crippen LogP contribution in [-0.4, -0.2) is 0 Å². The zero-order chi connectivity index (χ0) is 6.15. The second-order valence-electron chi connectivity index (χ2n) is 3.14. The van der Waals surface area contributed by atoms with Gasteiger partial charge < -0.3 is 6.92 Å². The summed E-state index contributed by atoms with van der Waals surface area (Å²) in [6, 6.07) is 0. The van der Waals surface area contributed by atoms with E-state index in [1.54, 1.807) is 0 Å². The van der Waals surface area contributed by atoms with Crippen LogP contribution in [0.5, 0.6) is 0 Å². The highest BCUT2D eigenvalue weighted by Crippen LogP contribution is 2.44. The van der Waals surface area contributed by atoms with Gasteiger partial charge in [-0.1, -0.05) is 19.8 Å². The fourth-order valence-electron chi connectivity index (χ4n) is 1.36. The molecule has 1 aliphatic rings. The molecule has 8 heavy (non-hydrogen) atoms. The fraction of sp³-hybridized carbons (Fsp3) is 0.875. The summed E-state index contributed by atoms with van der Waals surface area (Å²) in [6.45, 7) is 8.52. The summed E-state index contributed by atoms with van der Waals surface area (Å²) >= 11 is 0. The van der Waals surface area contributed by atoms with Gasteiger partial charge in [0.1, 0.15) is 0 Å². The Morgan fingerprint density at radius 2 is 2.25 bits per heavy atom. The Morgan fingerprint density at radius 3 is 2.38 bits per heavy atom. The second-order valence-corrected chi connectivity index (χ2v) is 3.14. The van der Waals surface area contributed by atoms with Crippen LogP contribution in [0.2, 0.25) is 0 Å². The number of hydrogen-bond donors (Lipinski definition) is 0. The van der Waals surface area contributed by atoms with Crippen LogP contribution in [-0.2, 0) is 0 Å². The molecule has 0 heterocycles. The minimum atomic E-state index is 0.880. The van der Waals surface area contributed by atoms with Crippen molar-refractivity contribution in [2.75, 3.05) is 0 Å². The molecule has 3 atom stereocenters. The molecule has 0 aromatic rings. The van der Waals surface area contributed by atoms with E-state index in [4.69, 9.17) is 0 Å². The summed E-state index contributed by atoms with van der Waals surface area (Å²) in [6.07, 6.45) is 2.58. The van der Waals surface area contributed by atoms with E-state index in [9.17, 15) is 0 Å². The Labute approximate surface area is 52.3 Å². The summed E-state index contributed by atoms with van der Waals surface area (Å²) in [5.74, 6) is 2.91. The van der Waals surface area contributed by atoms with E-state index in [1.165, 1.54) is 6.42 Å². The van der Waals surface area contributed by atoms with Gasteiger partial charge in [0.15, 0.2) is 0 Å². The Bertz CT molecular complexity index is 74.1. The predicted octanol–water partition coefficient (Wildman–Crippen LogP) is 2.50. The monoisotopic (exact) mass is 111 g/mol. The zero-order valence-corrected chi connectivity index (χ0v) is 5.85. The van der Waals surface area contributed by atoms with E-state index < -0.39 is 0 Å². The fourth-order valence-corrected chi connectivity index (χ4v) is 1.36. The van der Waals surface area contributed by atoms with E-state index in [2.05, 4.69) is 20.8 Å². The molecule has 0 N–H and O–H groups in total. The summed E-state index contributed by atoms with van der Waals surface area (Å²) < 4.78 is 0. The minimum absolute atomic E-state index is 0.880. The quantitative estimate of drug-likeness (QED) is 0.480. The van der Waals surface area contributed by atoms with E-state index in [0.29, 0.717) is 0 Å². The summed E-state index contributed by atoms with van der Waals surface area (Å²) in [4.78, 5) is 0. The van der Waals surface area contributed by atoms with Crippen LogP contribution in [0.1, 0.15) is 26.7 Å². The van der Waals surface area contributed by atoms with Gasteiger partial charge >= 0.3 is 0 Å². The first-order valence-corrected chi connectivity index (χ1v) is 3.55. The van der Waals surface area contributed by atoms with E-state index in [1.807, 2.05) is 0 Å². The lowest BCUT2D eigenvalue weighted by atomic mass is 10.0. The molecule has 0 heteroatoms. The van der Waals surface area contributed by atoms with Gasteiger partial charge in [0.05, 0.1) is 0 Å². The maximum Gasteiger partial charge on any atom is -0.0384 e. The normalized spacial score (nSPS) is 39.4. The molecule has 0 spiro atoms. The summed E-state index contributed by atoms with van der Waals surface area (Å²) in [7, 11) is 0. The Morgan fingerprint density at radius 1 is 1.75 bits per heavy atom. The number of hydrogen-bond acceptors (Lipinski definition) is 0. The first kappa shape index (κ1) is 6.12. The lowest BCUT2D eigenvalue weighted by Crippen LogP contribution is -1.94. The summed E-state index contributed by atoms with van der Waals surface area (Å²) in [5.41, 5.74) is 0. The number of rotatable bonds is 2. The lowest BCUT2D eigenvalue weighted by Gasteiger charge is -2.08. The standard InChI is InChI=1S/C8H15/c1-4-6(2)8-5-7(8)3/h6-8H,1,4-5H2,2-3H3/q-1. The van der Waals surface area contributed by atoms with E-state index >= 15 is 0 Å². The highest BCUT2D eigenvalue weighted by Gasteiger charge is 2.34. The van der Waals surface area contributed by atoms with Crippen molar-refractivity contribution in [3.63, 3.8) is 0 Å². The van der Waals surface area contributed by atoms with Crippen LogP contribution in [0, 0.1) is 24.7 Å². The van der Waals surface area contributed by atoms with Gasteiger partial charge in [-0.3, -0.25) is 0 Å². The van der Waals surface area contributed by atoms with Crippen molar-refractivity contribution in [3.8, 4) is 0 Å². The highest BCUT2D eigenvalue weighted by atomic mass is 14.4. The van der Waals surface area contributed by atoms with Crippen molar-refractivity contribution in [1.82, 2.24) is 0 Å². The van der Waals surface area contributed by atoms with Crippen LogP contribution < -0.4 is 0 Å². The van der Waals surface area contributed by atoms with Crippen molar-refractivity contribution in [2.24, 2.45) is 17.8 Å². The molecular weight excluding hydrogens is 96.1 g/mol. The van der Waals surface area contributed by atoms with Crippen LogP contribution >= 0.6 is 0 Å². The van der Waals surface area contributed by atoms with Gasteiger partial charge in [0.2, 0.25) is 0 Å². The molecule has 1 aliphatic carbocycles. The van der Waals surface area contributed by atoms with Gasteiger partial charge in [-0.05, 0) is 18.3 Å². The predicted molar refractivity (Wildman–Crippen MR) is 36.4 cm³/mol. The van der Waals surface area contributed by atoms with E-state index in [0.717, 1.165) is 24.2 Å². The van der Waals surface area contributed by atoms with Crippen LogP contribution in [0.3, 0.4) is 0 Å². The third-order valence-electron chi connectivity index (χ3n) is 2.36. The Kier molecular flexibility index (Phi) is 1.59. The molecule has 0 nitrogen and oxygen atoms in total. The Balaban J connectivity index is 2.18. The van der Waals surface area contributed by atoms with Crippen molar-refractivity contribution in [2.45, 2.75) is 26.7 Å². The van der Waals surface area contributed by atoms with Crippen LogP contribution in [0.25, 0.3) is 0 Å². The molecule has 0 radical (unpaired) electrons. The molecule has 1 rings (SSSR count). The first-order chi connectivity index (χ1) is 3.75. The topological polar surface area (TPSA) is 0 Å². The third kappa shape index (κ3) is 1.04.